The van der Waals surface area contributed by atoms with Crippen LogP contribution in [0.15, 0.2) is 0 Å². The minimum atomic E-state index is -3.42. The van der Waals surface area contributed by atoms with Gasteiger partial charge in [-0.1, -0.05) is 12.8 Å². The van der Waals surface area contributed by atoms with Gasteiger partial charge in [0.05, 0.1) is 5.75 Å². The summed E-state index contributed by atoms with van der Waals surface area (Å²) in [5, 5.41) is 11.9. The number of sulfonamides is 1. The topological polar surface area (TPSA) is 86.7 Å². The maximum absolute atomic E-state index is 12.1. The van der Waals surface area contributed by atoms with Gasteiger partial charge in [0.15, 0.2) is 0 Å². The third-order valence-corrected chi connectivity index (χ3v) is 5.22. The van der Waals surface area contributed by atoms with Crippen molar-refractivity contribution < 1.29 is 18.3 Å². The summed E-state index contributed by atoms with van der Waals surface area (Å²) >= 11 is 0. The molecule has 0 aromatic rings. The second kappa shape index (κ2) is 4.91. The Labute approximate surface area is 101 Å². The lowest BCUT2D eigenvalue weighted by Gasteiger charge is -2.32. The number of carbonyl (C=O) groups is 1. The fourth-order valence-electron chi connectivity index (χ4n) is 2.07. The van der Waals surface area contributed by atoms with Gasteiger partial charge >= 0.3 is 5.97 Å². The van der Waals surface area contributed by atoms with Crippen LogP contribution in [-0.4, -0.2) is 55.2 Å². The molecule has 2 fully saturated rings. The number of piperazine rings is 1. The minimum absolute atomic E-state index is 0.0848. The summed E-state index contributed by atoms with van der Waals surface area (Å²) in [4.78, 5) is 11.0. The van der Waals surface area contributed by atoms with Crippen molar-refractivity contribution in [1.29, 1.82) is 0 Å². The molecule has 0 spiro atoms. The molecule has 2 aliphatic rings. The fourth-order valence-corrected chi connectivity index (χ4v) is 3.86. The molecule has 0 amide bonds. The maximum atomic E-state index is 12.1. The van der Waals surface area contributed by atoms with E-state index in [2.05, 4.69) is 5.32 Å². The molecule has 0 aromatic heterocycles. The maximum Gasteiger partial charge on any atom is 0.323 e. The van der Waals surface area contributed by atoms with Crippen molar-refractivity contribution in [3.8, 4) is 0 Å². The van der Waals surface area contributed by atoms with Crippen LogP contribution in [0.2, 0.25) is 0 Å². The van der Waals surface area contributed by atoms with E-state index in [-0.39, 0.29) is 18.8 Å². The fraction of sp³-hybridized carbons (Fsp3) is 0.900. The van der Waals surface area contributed by atoms with Crippen molar-refractivity contribution in [2.75, 3.05) is 25.4 Å². The van der Waals surface area contributed by atoms with E-state index in [9.17, 15) is 13.2 Å². The third kappa shape index (κ3) is 3.17. The smallest absolute Gasteiger partial charge is 0.323 e. The summed E-state index contributed by atoms with van der Waals surface area (Å²) in [6.07, 6.45) is 2.89. The van der Waals surface area contributed by atoms with Gasteiger partial charge in [0.25, 0.3) is 0 Å². The van der Waals surface area contributed by atoms with Gasteiger partial charge in [-0.25, -0.2) is 8.42 Å². The molecule has 7 heteroatoms. The normalized spacial score (nSPS) is 26.9. The van der Waals surface area contributed by atoms with E-state index >= 15 is 0 Å². The molecule has 1 unspecified atom stereocenters. The zero-order valence-corrected chi connectivity index (χ0v) is 10.4. The van der Waals surface area contributed by atoms with Crippen LogP contribution in [0.4, 0.5) is 0 Å². The molecule has 2 N–H and O–H groups in total. The second-order valence-electron chi connectivity index (χ2n) is 4.72. The number of nitrogens with one attached hydrogen (secondary N) is 1. The quantitative estimate of drug-likeness (QED) is 0.696. The molecule has 1 atom stereocenters. The van der Waals surface area contributed by atoms with Gasteiger partial charge in [0.2, 0.25) is 10.0 Å². The van der Waals surface area contributed by atoms with Crippen LogP contribution in [0.5, 0.6) is 0 Å². The van der Waals surface area contributed by atoms with Crippen LogP contribution in [0.1, 0.15) is 19.3 Å². The van der Waals surface area contributed by atoms with E-state index in [1.54, 1.807) is 0 Å². The highest BCUT2D eigenvalue weighted by molar-refractivity contribution is 7.89. The van der Waals surface area contributed by atoms with E-state index in [1.165, 1.54) is 0 Å². The second-order valence-corrected chi connectivity index (χ2v) is 6.76. The number of rotatable bonds is 5. The molecule has 0 radical (unpaired) electrons. The lowest BCUT2D eigenvalue weighted by atomic mass is 10.2. The zero-order valence-electron chi connectivity index (χ0n) is 9.63. The number of hydrogen-bond donors (Lipinski definition) is 2. The average molecular weight is 262 g/mol. The number of hydrogen-bond acceptors (Lipinski definition) is 4. The first-order valence-electron chi connectivity index (χ1n) is 5.94. The van der Waals surface area contributed by atoms with E-state index in [4.69, 9.17) is 5.11 Å². The standard InChI is InChI=1S/C10H18N2O4S/c13-10(14)9-7-11-4-5-12(9)17(15,16)6-3-8-1-2-8/h8-9,11H,1-7H2,(H,13,14). The first-order chi connectivity index (χ1) is 8.00. The highest BCUT2D eigenvalue weighted by Crippen LogP contribution is 2.33. The Morgan fingerprint density at radius 2 is 2.12 bits per heavy atom. The van der Waals surface area contributed by atoms with Crippen molar-refractivity contribution in [3.05, 3.63) is 0 Å². The summed E-state index contributed by atoms with van der Waals surface area (Å²) in [5.41, 5.74) is 0. The highest BCUT2D eigenvalue weighted by Gasteiger charge is 2.37. The van der Waals surface area contributed by atoms with Gasteiger partial charge in [-0.15, -0.1) is 0 Å². The van der Waals surface area contributed by atoms with Crippen molar-refractivity contribution >= 4 is 16.0 Å². The Kier molecular flexibility index (Phi) is 3.70. The summed E-state index contributed by atoms with van der Waals surface area (Å²) in [6.45, 7) is 0.967. The first kappa shape index (κ1) is 12.8. The molecule has 1 saturated carbocycles. The number of nitrogens with zero attached hydrogens (tertiary/aromatic N) is 1. The lowest BCUT2D eigenvalue weighted by molar-refractivity contribution is -0.141. The van der Waals surface area contributed by atoms with Crippen LogP contribution in [0.25, 0.3) is 0 Å². The Bertz CT molecular complexity index is 391. The monoisotopic (exact) mass is 262 g/mol. The van der Waals surface area contributed by atoms with Gasteiger partial charge in [-0.3, -0.25) is 4.79 Å². The number of carboxylic acid groups (broad SMARTS) is 1. The molecule has 0 bridgehead atoms. The van der Waals surface area contributed by atoms with Crippen LogP contribution in [-0.2, 0) is 14.8 Å². The molecule has 6 nitrogen and oxygen atoms in total. The zero-order chi connectivity index (χ0) is 12.5. The highest BCUT2D eigenvalue weighted by atomic mass is 32.2. The van der Waals surface area contributed by atoms with Crippen LogP contribution >= 0.6 is 0 Å². The Morgan fingerprint density at radius 1 is 1.41 bits per heavy atom. The predicted molar refractivity (Wildman–Crippen MR) is 62.1 cm³/mol. The number of carboxylic acids is 1. The van der Waals surface area contributed by atoms with Crippen LogP contribution in [0, 0.1) is 5.92 Å². The summed E-state index contributed by atoms with van der Waals surface area (Å²) in [7, 11) is -3.42. The first-order valence-corrected chi connectivity index (χ1v) is 7.54. The molecule has 1 aliphatic carbocycles. The molecular weight excluding hydrogens is 244 g/mol. The summed E-state index contributed by atoms with van der Waals surface area (Å²) < 4.78 is 25.3. The largest absolute Gasteiger partial charge is 0.480 e. The summed E-state index contributed by atoms with van der Waals surface area (Å²) in [5.74, 6) is -0.454. The summed E-state index contributed by atoms with van der Waals surface area (Å²) in [6, 6.07) is -0.951. The molecule has 98 valence electrons. The molecule has 2 rings (SSSR count). The van der Waals surface area contributed by atoms with Gasteiger partial charge in [-0.05, 0) is 12.3 Å². The van der Waals surface area contributed by atoms with Crippen LogP contribution < -0.4 is 5.32 Å². The van der Waals surface area contributed by atoms with Crippen molar-refractivity contribution in [2.24, 2.45) is 5.92 Å². The molecular formula is C10H18N2O4S. The Morgan fingerprint density at radius 3 is 2.71 bits per heavy atom. The van der Waals surface area contributed by atoms with Gasteiger partial charge < -0.3 is 10.4 Å². The Balaban J connectivity index is 2.02. The molecule has 1 heterocycles. The van der Waals surface area contributed by atoms with Crippen molar-refractivity contribution in [1.82, 2.24) is 9.62 Å². The molecule has 1 aliphatic heterocycles. The van der Waals surface area contributed by atoms with E-state index in [0.29, 0.717) is 18.9 Å². The van der Waals surface area contributed by atoms with Crippen molar-refractivity contribution in [3.63, 3.8) is 0 Å². The number of aliphatic carboxylic acids is 1. The molecule has 0 aromatic carbocycles. The van der Waals surface area contributed by atoms with E-state index < -0.39 is 22.0 Å². The third-order valence-electron chi connectivity index (χ3n) is 3.32. The van der Waals surface area contributed by atoms with Gasteiger partial charge in [0.1, 0.15) is 6.04 Å². The van der Waals surface area contributed by atoms with Gasteiger partial charge in [0, 0.05) is 19.6 Å². The molecule has 17 heavy (non-hydrogen) atoms. The predicted octanol–water partition coefficient (Wildman–Crippen LogP) is -0.525. The van der Waals surface area contributed by atoms with Gasteiger partial charge in [-0.2, -0.15) is 4.31 Å². The molecule has 1 saturated heterocycles. The van der Waals surface area contributed by atoms with Crippen molar-refractivity contribution in [2.45, 2.75) is 25.3 Å². The van der Waals surface area contributed by atoms with E-state index in [1.807, 2.05) is 0 Å². The van der Waals surface area contributed by atoms with E-state index in [0.717, 1.165) is 17.1 Å². The average Bonchev–Trinajstić information content (AvgIpc) is 3.10. The SMILES string of the molecule is O=C(O)C1CNCCN1S(=O)(=O)CCC1CC1. The lowest BCUT2D eigenvalue weighted by Crippen LogP contribution is -2.57. The minimum Gasteiger partial charge on any atom is -0.480 e. The Hall–Kier alpha value is -0.660. The van der Waals surface area contributed by atoms with Crippen LogP contribution in [0.3, 0.4) is 0 Å².